The summed E-state index contributed by atoms with van der Waals surface area (Å²) in [6, 6.07) is 4.79. The Labute approximate surface area is 112 Å². The maximum atomic E-state index is 12.8. The van der Waals surface area contributed by atoms with Crippen LogP contribution in [0.2, 0.25) is 0 Å². The van der Waals surface area contributed by atoms with Crippen LogP contribution in [-0.2, 0) is 10.0 Å². The van der Waals surface area contributed by atoms with E-state index in [9.17, 15) is 12.8 Å². The first kappa shape index (κ1) is 14.0. The fourth-order valence-electron chi connectivity index (χ4n) is 1.88. The Hall–Kier alpha value is -1.46. The van der Waals surface area contributed by atoms with Gasteiger partial charge in [0.25, 0.3) is 0 Å². The third-order valence-corrected chi connectivity index (χ3v) is 4.68. The predicted molar refractivity (Wildman–Crippen MR) is 72.6 cm³/mol. The number of nitrogens with one attached hydrogen (secondary N) is 1. The molecular formula is C14H16FNO2S. The van der Waals surface area contributed by atoms with Crippen molar-refractivity contribution in [2.45, 2.75) is 30.7 Å². The van der Waals surface area contributed by atoms with Crippen molar-refractivity contribution in [1.82, 2.24) is 4.72 Å². The third-order valence-electron chi connectivity index (χ3n) is 3.05. The summed E-state index contributed by atoms with van der Waals surface area (Å²) in [6.45, 7) is 3.78. The highest BCUT2D eigenvalue weighted by Gasteiger charge is 2.28. The summed E-state index contributed by atoms with van der Waals surface area (Å²) in [5, 5.41) is 0. The SMILES string of the molecule is CC1=CCC(C)(NS(=O)(=O)c2ccc(F)cc2)C=C1. The van der Waals surface area contributed by atoms with E-state index in [2.05, 4.69) is 4.72 Å². The van der Waals surface area contributed by atoms with Crippen molar-refractivity contribution < 1.29 is 12.8 Å². The molecule has 1 N–H and O–H groups in total. The fourth-order valence-corrected chi connectivity index (χ4v) is 3.26. The lowest BCUT2D eigenvalue weighted by molar-refractivity contribution is 0.498. The zero-order valence-corrected chi connectivity index (χ0v) is 11.7. The lowest BCUT2D eigenvalue weighted by Gasteiger charge is -2.28. The van der Waals surface area contributed by atoms with Crippen LogP contribution < -0.4 is 4.72 Å². The molecule has 2 rings (SSSR count). The van der Waals surface area contributed by atoms with Crippen LogP contribution in [0.1, 0.15) is 20.3 Å². The second kappa shape index (κ2) is 4.90. The van der Waals surface area contributed by atoms with Gasteiger partial charge < -0.3 is 0 Å². The zero-order valence-electron chi connectivity index (χ0n) is 10.9. The summed E-state index contributed by atoms with van der Waals surface area (Å²) in [6.07, 6.45) is 6.29. The Morgan fingerprint density at radius 1 is 1.26 bits per heavy atom. The molecule has 0 fully saturated rings. The van der Waals surface area contributed by atoms with Gasteiger partial charge in [-0.15, -0.1) is 0 Å². The minimum Gasteiger partial charge on any atom is -0.207 e. The second-order valence-corrected chi connectivity index (χ2v) is 6.64. The van der Waals surface area contributed by atoms with E-state index < -0.39 is 21.4 Å². The van der Waals surface area contributed by atoms with Crippen molar-refractivity contribution >= 4 is 10.0 Å². The number of rotatable bonds is 3. The standard InChI is InChI=1S/C14H16FNO2S/c1-11-7-9-14(2,10-8-11)16-19(17,18)13-5-3-12(15)4-6-13/h3-9,16H,10H2,1-2H3. The van der Waals surface area contributed by atoms with Crippen LogP contribution in [0, 0.1) is 5.82 Å². The Bertz CT molecular complexity index is 632. The zero-order chi connectivity index (χ0) is 14.1. The number of halogens is 1. The summed E-state index contributed by atoms with van der Waals surface area (Å²) < 4.78 is 39.9. The first-order valence-corrected chi connectivity index (χ1v) is 7.45. The molecule has 0 radical (unpaired) electrons. The van der Waals surface area contributed by atoms with Gasteiger partial charge in [0, 0.05) is 0 Å². The van der Waals surface area contributed by atoms with E-state index in [1.54, 1.807) is 0 Å². The molecule has 0 spiro atoms. The van der Waals surface area contributed by atoms with E-state index in [0.717, 1.165) is 17.7 Å². The van der Waals surface area contributed by atoms with Crippen LogP contribution in [0.5, 0.6) is 0 Å². The molecule has 5 heteroatoms. The van der Waals surface area contributed by atoms with Gasteiger partial charge in [-0.05, 0) is 44.5 Å². The van der Waals surface area contributed by atoms with Crippen molar-refractivity contribution in [2.24, 2.45) is 0 Å². The third kappa shape index (κ3) is 3.30. The molecule has 0 aliphatic heterocycles. The highest BCUT2D eigenvalue weighted by Crippen LogP contribution is 2.23. The minimum absolute atomic E-state index is 0.0646. The molecule has 0 saturated carbocycles. The smallest absolute Gasteiger partial charge is 0.207 e. The fraction of sp³-hybridized carbons (Fsp3) is 0.286. The molecule has 0 heterocycles. The Kier molecular flexibility index (Phi) is 3.60. The van der Waals surface area contributed by atoms with Crippen molar-refractivity contribution in [2.75, 3.05) is 0 Å². The van der Waals surface area contributed by atoms with Gasteiger partial charge in [0.1, 0.15) is 5.82 Å². The van der Waals surface area contributed by atoms with Crippen LogP contribution in [0.25, 0.3) is 0 Å². The molecule has 0 amide bonds. The van der Waals surface area contributed by atoms with Gasteiger partial charge in [-0.3, -0.25) is 0 Å². The van der Waals surface area contributed by atoms with Gasteiger partial charge in [0.2, 0.25) is 10.0 Å². The molecule has 19 heavy (non-hydrogen) atoms. The van der Waals surface area contributed by atoms with Crippen LogP contribution in [-0.4, -0.2) is 14.0 Å². The lowest BCUT2D eigenvalue weighted by atomic mass is 9.92. The highest BCUT2D eigenvalue weighted by molar-refractivity contribution is 7.89. The van der Waals surface area contributed by atoms with Crippen LogP contribution in [0.15, 0.2) is 53.0 Å². The first-order valence-electron chi connectivity index (χ1n) is 5.96. The van der Waals surface area contributed by atoms with Gasteiger partial charge >= 0.3 is 0 Å². The van der Waals surface area contributed by atoms with Gasteiger partial charge in [0.05, 0.1) is 10.4 Å². The summed E-state index contributed by atoms with van der Waals surface area (Å²) in [7, 11) is -3.65. The highest BCUT2D eigenvalue weighted by atomic mass is 32.2. The Morgan fingerprint density at radius 2 is 1.89 bits per heavy atom. The summed E-state index contributed by atoms with van der Waals surface area (Å²) in [5.41, 5.74) is 0.464. The first-order chi connectivity index (χ1) is 8.81. The average molecular weight is 281 g/mol. The molecular weight excluding hydrogens is 265 g/mol. The second-order valence-electron chi connectivity index (χ2n) is 4.96. The number of hydrogen-bond donors (Lipinski definition) is 1. The molecule has 0 aromatic heterocycles. The number of sulfonamides is 1. The van der Waals surface area contributed by atoms with E-state index in [4.69, 9.17) is 0 Å². The van der Waals surface area contributed by atoms with E-state index in [-0.39, 0.29) is 4.90 Å². The van der Waals surface area contributed by atoms with Crippen LogP contribution in [0.4, 0.5) is 4.39 Å². The molecule has 1 aromatic carbocycles. The van der Waals surface area contributed by atoms with Crippen molar-refractivity contribution in [3.63, 3.8) is 0 Å². The van der Waals surface area contributed by atoms with Crippen LogP contribution in [0.3, 0.4) is 0 Å². The van der Waals surface area contributed by atoms with Crippen molar-refractivity contribution in [3.8, 4) is 0 Å². The van der Waals surface area contributed by atoms with Crippen molar-refractivity contribution in [1.29, 1.82) is 0 Å². The lowest BCUT2D eigenvalue weighted by Crippen LogP contribution is -2.44. The summed E-state index contributed by atoms with van der Waals surface area (Å²) >= 11 is 0. The molecule has 0 saturated heterocycles. The summed E-state index contributed by atoms with van der Waals surface area (Å²) in [5.74, 6) is -0.457. The normalized spacial score (nSPS) is 23.2. The molecule has 1 aromatic rings. The molecule has 102 valence electrons. The van der Waals surface area contributed by atoms with E-state index in [1.807, 2.05) is 32.1 Å². The van der Waals surface area contributed by atoms with Gasteiger partial charge in [0.15, 0.2) is 0 Å². The van der Waals surface area contributed by atoms with Gasteiger partial charge in [-0.25, -0.2) is 17.5 Å². The van der Waals surface area contributed by atoms with Crippen molar-refractivity contribution in [3.05, 3.63) is 53.9 Å². The Balaban J connectivity index is 2.23. The molecule has 1 aliphatic rings. The monoisotopic (exact) mass is 281 g/mol. The maximum absolute atomic E-state index is 12.8. The summed E-state index contributed by atoms with van der Waals surface area (Å²) in [4.78, 5) is 0.0646. The molecule has 1 aliphatic carbocycles. The number of hydrogen-bond acceptors (Lipinski definition) is 2. The predicted octanol–water partition coefficient (Wildman–Crippen LogP) is 2.77. The van der Waals surface area contributed by atoms with E-state index in [1.165, 1.54) is 12.1 Å². The van der Waals surface area contributed by atoms with Gasteiger partial charge in [-0.2, -0.15) is 0 Å². The topological polar surface area (TPSA) is 46.2 Å². The molecule has 3 nitrogen and oxygen atoms in total. The molecule has 0 bridgehead atoms. The molecule has 1 unspecified atom stereocenters. The van der Waals surface area contributed by atoms with E-state index >= 15 is 0 Å². The minimum atomic E-state index is -3.65. The number of benzene rings is 1. The maximum Gasteiger partial charge on any atom is 0.241 e. The van der Waals surface area contributed by atoms with E-state index in [0.29, 0.717) is 6.42 Å². The Morgan fingerprint density at radius 3 is 2.42 bits per heavy atom. The molecule has 1 atom stereocenters. The van der Waals surface area contributed by atoms with Crippen LogP contribution >= 0.6 is 0 Å². The number of allylic oxidation sites excluding steroid dienone is 2. The quantitative estimate of drug-likeness (QED) is 0.926. The average Bonchev–Trinajstić information content (AvgIpc) is 2.33. The largest absolute Gasteiger partial charge is 0.241 e. The van der Waals surface area contributed by atoms with Gasteiger partial charge in [-0.1, -0.05) is 23.8 Å².